The quantitative estimate of drug-likeness (QED) is 0.776. The van der Waals surface area contributed by atoms with Gasteiger partial charge in [-0.1, -0.05) is 0 Å². The van der Waals surface area contributed by atoms with Crippen molar-refractivity contribution < 1.29 is 24.9 Å². The highest BCUT2D eigenvalue weighted by molar-refractivity contribution is 9.10. The van der Waals surface area contributed by atoms with Gasteiger partial charge in [-0.3, -0.25) is 4.79 Å². The summed E-state index contributed by atoms with van der Waals surface area (Å²) in [5.74, 6) is -2.57. The smallest absolute Gasteiger partial charge is 0.335 e. The lowest BCUT2D eigenvalue weighted by atomic mass is 10.1. The van der Waals surface area contributed by atoms with E-state index in [9.17, 15) is 14.7 Å². The summed E-state index contributed by atoms with van der Waals surface area (Å²) in [5.41, 5.74) is -0.00907. The van der Waals surface area contributed by atoms with E-state index in [1.54, 1.807) is 0 Å². The third-order valence-electron chi connectivity index (χ3n) is 1.73. The lowest BCUT2D eigenvalue weighted by Crippen LogP contribution is -2.04. The van der Waals surface area contributed by atoms with Gasteiger partial charge in [-0.05, 0) is 28.1 Å². The summed E-state index contributed by atoms with van der Waals surface area (Å²) in [6, 6.07) is 2.35. The first-order valence-corrected chi connectivity index (χ1v) is 4.67. The molecule has 0 amide bonds. The van der Waals surface area contributed by atoms with Gasteiger partial charge in [0.25, 0.3) is 0 Å². The summed E-state index contributed by atoms with van der Waals surface area (Å²) >= 11 is 2.95. The lowest BCUT2D eigenvalue weighted by molar-refractivity contribution is -0.136. The Kier molecular flexibility index (Phi) is 3.31. The van der Waals surface area contributed by atoms with Crippen LogP contribution in [-0.4, -0.2) is 27.3 Å². The maximum Gasteiger partial charge on any atom is 0.335 e. The highest BCUT2D eigenvalue weighted by Gasteiger charge is 2.14. The number of phenols is 1. The number of carboxylic acids is 2. The molecule has 0 heterocycles. The van der Waals surface area contributed by atoms with Crippen LogP contribution in [0.3, 0.4) is 0 Å². The molecule has 15 heavy (non-hydrogen) atoms. The molecule has 1 aromatic rings. The molecule has 0 aliphatic rings. The summed E-state index contributed by atoms with van der Waals surface area (Å²) in [7, 11) is 0. The Labute approximate surface area is 93.1 Å². The molecule has 1 aromatic carbocycles. The van der Waals surface area contributed by atoms with Crippen LogP contribution >= 0.6 is 15.9 Å². The molecule has 0 saturated heterocycles. The molecular weight excluding hydrogens is 268 g/mol. The van der Waals surface area contributed by atoms with Crippen LogP contribution in [0.1, 0.15) is 15.9 Å². The largest absolute Gasteiger partial charge is 0.506 e. The second-order valence-electron chi connectivity index (χ2n) is 2.84. The van der Waals surface area contributed by atoms with E-state index in [0.29, 0.717) is 0 Å². The van der Waals surface area contributed by atoms with Crippen LogP contribution in [0.25, 0.3) is 0 Å². The van der Waals surface area contributed by atoms with Crippen LogP contribution in [-0.2, 0) is 11.2 Å². The van der Waals surface area contributed by atoms with Crippen molar-refractivity contribution in [2.75, 3.05) is 0 Å². The molecule has 6 heteroatoms. The van der Waals surface area contributed by atoms with E-state index in [-0.39, 0.29) is 21.3 Å². The molecular formula is C9H7BrO5. The Hall–Kier alpha value is -1.56. The second kappa shape index (κ2) is 4.31. The Morgan fingerprint density at radius 2 is 1.87 bits per heavy atom. The van der Waals surface area contributed by atoms with Gasteiger partial charge in [-0.2, -0.15) is 0 Å². The number of halogens is 1. The molecule has 0 unspecified atom stereocenters. The standard InChI is InChI=1S/C9H7BrO5/c10-6-2-5(9(14)15)1-4(8(6)13)3-7(11)12/h1-2,13H,3H2,(H,11,12)(H,14,15). The van der Waals surface area contributed by atoms with Crippen molar-refractivity contribution in [3.8, 4) is 5.75 Å². The van der Waals surface area contributed by atoms with E-state index in [1.165, 1.54) is 6.07 Å². The summed E-state index contributed by atoms with van der Waals surface area (Å²) in [4.78, 5) is 21.1. The number of aliphatic carboxylic acids is 1. The molecule has 0 bridgehead atoms. The van der Waals surface area contributed by atoms with Crippen molar-refractivity contribution in [2.24, 2.45) is 0 Å². The number of carbonyl (C=O) groups is 2. The molecule has 0 aliphatic carbocycles. The highest BCUT2D eigenvalue weighted by atomic mass is 79.9. The third kappa shape index (κ3) is 2.69. The molecule has 80 valence electrons. The second-order valence-corrected chi connectivity index (χ2v) is 3.70. The zero-order chi connectivity index (χ0) is 11.6. The van der Waals surface area contributed by atoms with Gasteiger partial charge in [0, 0.05) is 5.56 Å². The number of phenolic OH excluding ortho intramolecular Hbond substituents is 1. The highest BCUT2D eigenvalue weighted by Crippen LogP contribution is 2.29. The van der Waals surface area contributed by atoms with Crippen molar-refractivity contribution in [1.82, 2.24) is 0 Å². The van der Waals surface area contributed by atoms with E-state index in [2.05, 4.69) is 15.9 Å². The van der Waals surface area contributed by atoms with E-state index in [1.807, 2.05) is 0 Å². The van der Waals surface area contributed by atoms with Gasteiger partial charge < -0.3 is 15.3 Å². The number of hydrogen-bond donors (Lipinski definition) is 3. The molecule has 0 atom stereocenters. The number of aromatic carboxylic acids is 1. The first-order chi connectivity index (χ1) is 6.91. The van der Waals surface area contributed by atoms with E-state index < -0.39 is 18.4 Å². The predicted octanol–water partition coefficient (Wildman–Crippen LogP) is 1.48. The summed E-state index contributed by atoms with van der Waals surface area (Å²) < 4.78 is 0.165. The Morgan fingerprint density at radius 1 is 1.27 bits per heavy atom. The number of aromatic hydroxyl groups is 1. The van der Waals surface area contributed by atoms with Crippen molar-refractivity contribution in [2.45, 2.75) is 6.42 Å². The summed E-state index contributed by atoms with van der Waals surface area (Å²) in [6.07, 6.45) is -0.425. The topological polar surface area (TPSA) is 94.8 Å². The number of benzene rings is 1. The van der Waals surface area contributed by atoms with Gasteiger partial charge in [-0.15, -0.1) is 0 Å². The molecule has 5 nitrogen and oxygen atoms in total. The van der Waals surface area contributed by atoms with Gasteiger partial charge in [-0.25, -0.2) is 4.79 Å². The zero-order valence-electron chi connectivity index (χ0n) is 7.40. The SMILES string of the molecule is O=C(O)Cc1cc(C(=O)O)cc(Br)c1O. The fraction of sp³-hybridized carbons (Fsp3) is 0.111. The van der Waals surface area contributed by atoms with Gasteiger partial charge in [0.2, 0.25) is 0 Å². The summed E-state index contributed by atoms with van der Waals surface area (Å²) in [6.45, 7) is 0. The Bertz CT molecular complexity index is 427. The fourth-order valence-corrected chi connectivity index (χ4v) is 1.58. The predicted molar refractivity (Wildman–Crippen MR) is 54.1 cm³/mol. The lowest BCUT2D eigenvalue weighted by Gasteiger charge is -2.05. The first-order valence-electron chi connectivity index (χ1n) is 3.88. The molecule has 1 rings (SSSR count). The average molecular weight is 275 g/mol. The van der Waals surface area contributed by atoms with E-state index in [0.717, 1.165) is 6.07 Å². The van der Waals surface area contributed by atoms with Crippen LogP contribution in [0, 0.1) is 0 Å². The van der Waals surface area contributed by atoms with Gasteiger partial charge in [0.15, 0.2) is 0 Å². The van der Waals surface area contributed by atoms with E-state index in [4.69, 9.17) is 10.2 Å². The first kappa shape index (κ1) is 11.5. The maximum atomic E-state index is 10.7. The molecule has 0 aromatic heterocycles. The van der Waals surface area contributed by atoms with Crippen molar-refractivity contribution in [1.29, 1.82) is 0 Å². The summed E-state index contributed by atoms with van der Waals surface area (Å²) in [5, 5.41) is 26.7. The van der Waals surface area contributed by atoms with Crippen LogP contribution in [0.5, 0.6) is 5.75 Å². The van der Waals surface area contributed by atoms with Gasteiger partial charge in [0.1, 0.15) is 5.75 Å². The Morgan fingerprint density at radius 3 is 2.33 bits per heavy atom. The van der Waals surface area contributed by atoms with Crippen LogP contribution < -0.4 is 0 Å². The molecule has 0 fully saturated rings. The fourth-order valence-electron chi connectivity index (χ4n) is 1.08. The Balaban J connectivity index is 3.24. The van der Waals surface area contributed by atoms with Gasteiger partial charge >= 0.3 is 11.9 Å². The number of hydrogen-bond acceptors (Lipinski definition) is 3. The zero-order valence-corrected chi connectivity index (χ0v) is 8.98. The van der Waals surface area contributed by atoms with E-state index >= 15 is 0 Å². The van der Waals surface area contributed by atoms with Gasteiger partial charge in [0.05, 0.1) is 16.5 Å². The van der Waals surface area contributed by atoms with Crippen LogP contribution in [0.15, 0.2) is 16.6 Å². The average Bonchev–Trinajstić information content (AvgIpc) is 2.11. The molecule has 0 saturated carbocycles. The third-order valence-corrected chi connectivity index (χ3v) is 2.34. The van der Waals surface area contributed by atoms with Crippen LogP contribution in [0.4, 0.5) is 0 Å². The number of carboxylic acid groups (broad SMARTS) is 2. The maximum absolute atomic E-state index is 10.7. The molecule has 0 aliphatic heterocycles. The van der Waals surface area contributed by atoms with Crippen molar-refractivity contribution in [3.63, 3.8) is 0 Å². The minimum atomic E-state index is -1.18. The van der Waals surface area contributed by atoms with Crippen LogP contribution in [0.2, 0.25) is 0 Å². The minimum Gasteiger partial charge on any atom is -0.506 e. The van der Waals surface area contributed by atoms with Crippen molar-refractivity contribution >= 4 is 27.9 Å². The molecule has 0 radical (unpaired) electrons. The monoisotopic (exact) mass is 274 g/mol. The molecule has 3 N–H and O–H groups in total. The van der Waals surface area contributed by atoms with Crippen molar-refractivity contribution in [3.05, 3.63) is 27.7 Å². The minimum absolute atomic E-state index is 0.0641. The number of rotatable bonds is 3. The normalized spacial score (nSPS) is 9.93. The molecule has 0 spiro atoms.